The van der Waals surface area contributed by atoms with Crippen molar-refractivity contribution < 1.29 is 9.59 Å². The van der Waals surface area contributed by atoms with Crippen LogP contribution in [0.15, 0.2) is 36.7 Å². The first-order valence-corrected chi connectivity index (χ1v) is 5.08. The van der Waals surface area contributed by atoms with E-state index in [1.54, 1.807) is 24.3 Å². The fraction of sp³-hybridized carbons (Fsp3) is 0.0833. The molecule has 0 aliphatic heterocycles. The molecule has 5 nitrogen and oxygen atoms in total. The molecule has 0 saturated heterocycles. The van der Waals surface area contributed by atoms with Gasteiger partial charge in [-0.3, -0.25) is 14.7 Å². The SMILES string of the molecule is CC(=O)c1cccc(NC(=O)c2cn[nH]c2)c1. The molecule has 1 aromatic carbocycles. The third kappa shape index (κ3) is 2.57. The van der Waals surface area contributed by atoms with Crippen LogP contribution in [0.5, 0.6) is 0 Å². The lowest BCUT2D eigenvalue weighted by Crippen LogP contribution is -2.11. The van der Waals surface area contributed by atoms with E-state index < -0.39 is 0 Å². The smallest absolute Gasteiger partial charge is 0.258 e. The lowest BCUT2D eigenvalue weighted by Gasteiger charge is -2.04. The van der Waals surface area contributed by atoms with Gasteiger partial charge in [0.25, 0.3) is 5.91 Å². The number of aromatic amines is 1. The molecule has 0 aliphatic carbocycles. The predicted octanol–water partition coefficient (Wildman–Crippen LogP) is 1.86. The number of nitrogens with zero attached hydrogens (tertiary/aromatic N) is 1. The third-order valence-electron chi connectivity index (χ3n) is 2.29. The molecule has 0 bridgehead atoms. The summed E-state index contributed by atoms with van der Waals surface area (Å²) >= 11 is 0. The molecule has 0 fully saturated rings. The normalized spacial score (nSPS) is 9.94. The van der Waals surface area contributed by atoms with E-state index in [1.807, 2.05) is 0 Å². The molecule has 0 unspecified atom stereocenters. The molecule has 2 rings (SSSR count). The van der Waals surface area contributed by atoms with Crippen molar-refractivity contribution in [1.29, 1.82) is 0 Å². The fourth-order valence-corrected chi connectivity index (χ4v) is 1.39. The van der Waals surface area contributed by atoms with Gasteiger partial charge in [-0.1, -0.05) is 12.1 Å². The highest BCUT2D eigenvalue weighted by molar-refractivity contribution is 6.04. The summed E-state index contributed by atoms with van der Waals surface area (Å²) < 4.78 is 0. The number of Topliss-reactive ketones (excluding diaryl/α,β-unsaturated/α-hetero) is 1. The zero-order valence-electron chi connectivity index (χ0n) is 9.23. The Bertz CT molecular complexity index is 547. The Labute approximate surface area is 97.9 Å². The second-order valence-electron chi connectivity index (χ2n) is 3.58. The van der Waals surface area contributed by atoms with Crippen LogP contribution in [0.2, 0.25) is 0 Å². The number of nitrogens with one attached hydrogen (secondary N) is 2. The van der Waals surface area contributed by atoms with Gasteiger partial charge < -0.3 is 5.32 Å². The van der Waals surface area contributed by atoms with E-state index >= 15 is 0 Å². The fourth-order valence-electron chi connectivity index (χ4n) is 1.39. The maximum Gasteiger partial charge on any atom is 0.258 e. The number of rotatable bonds is 3. The summed E-state index contributed by atoms with van der Waals surface area (Å²) in [5.74, 6) is -0.302. The zero-order chi connectivity index (χ0) is 12.3. The summed E-state index contributed by atoms with van der Waals surface area (Å²) in [7, 11) is 0. The highest BCUT2D eigenvalue weighted by atomic mass is 16.1. The van der Waals surface area contributed by atoms with E-state index in [0.29, 0.717) is 16.8 Å². The molecule has 0 spiro atoms. The molecule has 0 atom stereocenters. The minimum Gasteiger partial charge on any atom is -0.322 e. The van der Waals surface area contributed by atoms with Crippen LogP contribution < -0.4 is 5.32 Å². The number of carbonyl (C=O) groups excluding carboxylic acids is 2. The molecular formula is C12H11N3O2. The number of benzene rings is 1. The van der Waals surface area contributed by atoms with E-state index in [9.17, 15) is 9.59 Å². The van der Waals surface area contributed by atoms with E-state index in [2.05, 4.69) is 15.5 Å². The summed E-state index contributed by atoms with van der Waals surface area (Å²) in [6, 6.07) is 6.79. The second-order valence-corrected chi connectivity index (χ2v) is 3.58. The molecule has 1 aromatic heterocycles. The largest absolute Gasteiger partial charge is 0.322 e. The van der Waals surface area contributed by atoms with Crippen molar-refractivity contribution in [3.63, 3.8) is 0 Å². The van der Waals surface area contributed by atoms with Crippen molar-refractivity contribution in [3.05, 3.63) is 47.8 Å². The van der Waals surface area contributed by atoms with Crippen LogP contribution in [-0.2, 0) is 0 Å². The van der Waals surface area contributed by atoms with E-state index in [4.69, 9.17) is 0 Å². The molecule has 1 heterocycles. The zero-order valence-corrected chi connectivity index (χ0v) is 9.23. The Morgan fingerprint density at radius 2 is 2.12 bits per heavy atom. The monoisotopic (exact) mass is 229 g/mol. The van der Waals surface area contributed by atoms with Crippen LogP contribution in [0.25, 0.3) is 0 Å². The number of aromatic nitrogens is 2. The summed E-state index contributed by atoms with van der Waals surface area (Å²) in [6.45, 7) is 1.48. The topological polar surface area (TPSA) is 74.8 Å². The van der Waals surface area contributed by atoms with Gasteiger partial charge in [0, 0.05) is 17.4 Å². The Morgan fingerprint density at radius 1 is 1.29 bits per heavy atom. The number of anilines is 1. The Morgan fingerprint density at radius 3 is 2.76 bits per heavy atom. The predicted molar refractivity (Wildman–Crippen MR) is 63.0 cm³/mol. The van der Waals surface area contributed by atoms with Crippen LogP contribution >= 0.6 is 0 Å². The van der Waals surface area contributed by atoms with Gasteiger partial charge in [0.05, 0.1) is 11.8 Å². The summed E-state index contributed by atoms with van der Waals surface area (Å²) in [4.78, 5) is 22.9. The van der Waals surface area contributed by atoms with Crippen LogP contribution in [0, 0.1) is 0 Å². The van der Waals surface area contributed by atoms with E-state index in [1.165, 1.54) is 19.3 Å². The number of hydrogen-bond donors (Lipinski definition) is 2. The van der Waals surface area contributed by atoms with Crippen molar-refractivity contribution >= 4 is 17.4 Å². The molecule has 0 aliphatic rings. The molecule has 2 N–H and O–H groups in total. The van der Waals surface area contributed by atoms with Gasteiger partial charge in [0.1, 0.15) is 0 Å². The van der Waals surface area contributed by atoms with Crippen LogP contribution in [0.1, 0.15) is 27.6 Å². The van der Waals surface area contributed by atoms with Gasteiger partial charge in [0.15, 0.2) is 5.78 Å². The van der Waals surface area contributed by atoms with Crippen molar-refractivity contribution in [1.82, 2.24) is 10.2 Å². The van der Waals surface area contributed by atoms with E-state index in [0.717, 1.165) is 0 Å². The lowest BCUT2D eigenvalue weighted by atomic mass is 10.1. The number of hydrogen-bond acceptors (Lipinski definition) is 3. The van der Waals surface area contributed by atoms with Crippen LogP contribution in [0.3, 0.4) is 0 Å². The average Bonchev–Trinajstić information content (AvgIpc) is 2.82. The molecule has 5 heteroatoms. The third-order valence-corrected chi connectivity index (χ3v) is 2.29. The number of H-pyrrole nitrogens is 1. The summed E-state index contributed by atoms with van der Waals surface area (Å²) in [6.07, 6.45) is 2.94. The lowest BCUT2D eigenvalue weighted by molar-refractivity contribution is 0.101. The number of ketones is 1. The first kappa shape index (κ1) is 11.1. The highest BCUT2D eigenvalue weighted by Crippen LogP contribution is 2.12. The van der Waals surface area contributed by atoms with Crippen molar-refractivity contribution in [2.24, 2.45) is 0 Å². The molecule has 2 aromatic rings. The summed E-state index contributed by atoms with van der Waals surface area (Å²) in [5, 5.41) is 8.94. The maximum atomic E-state index is 11.7. The van der Waals surface area contributed by atoms with Crippen molar-refractivity contribution in [3.8, 4) is 0 Å². The highest BCUT2D eigenvalue weighted by Gasteiger charge is 2.07. The molecule has 0 radical (unpaired) electrons. The van der Waals surface area contributed by atoms with Gasteiger partial charge in [-0.15, -0.1) is 0 Å². The minimum absolute atomic E-state index is 0.0376. The molecule has 86 valence electrons. The first-order chi connectivity index (χ1) is 8.16. The molecule has 17 heavy (non-hydrogen) atoms. The van der Waals surface area contributed by atoms with Crippen LogP contribution in [-0.4, -0.2) is 21.9 Å². The first-order valence-electron chi connectivity index (χ1n) is 5.08. The van der Waals surface area contributed by atoms with Gasteiger partial charge in [-0.2, -0.15) is 5.10 Å². The Balaban J connectivity index is 2.16. The quantitative estimate of drug-likeness (QED) is 0.789. The maximum absolute atomic E-state index is 11.7. The van der Waals surface area contributed by atoms with Crippen LogP contribution in [0.4, 0.5) is 5.69 Å². The van der Waals surface area contributed by atoms with Gasteiger partial charge in [-0.05, 0) is 19.1 Å². The molecular weight excluding hydrogens is 218 g/mol. The van der Waals surface area contributed by atoms with E-state index in [-0.39, 0.29) is 11.7 Å². The Kier molecular flexibility index (Phi) is 3.00. The second kappa shape index (κ2) is 4.61. The number of amides is 1. The van der Waals surface area contributed by atoms with Gasteiger partial charge in [-0.25, -0.2) is 0 Å². The number of carbonyl (C=O) groups is 2. The standard InChI is InChI=1S/C12H11N3O2/c1-8(16)9-3-2-4-11(5-9)15-12(17)10-6-13-14-7-10/h2-7H,1H3,(H,13,14)(H,15,17). The average molecular weight is 229 g/mol. The molecule has 1 amide bonds. The van der Waals surface area contributed by atoms with Gasteiger partial charge >= 0.3 is 0 Å². The summed E-state index contributed by atoms with van der Waals surface area (Å²) in [5.41, 5.74) is 1.59. The Hall–Kier alpha value is -2.43. The van der Waals surface area contributed by atoms with Crippen molar-refractivity contribution in [2.45, 2.75) is 6.92 Å². The van der Waals surface area contributed by atoms with Crippen molar-refractivity contribution in [2.75, 3.05) is 5.32 Å². The minimum atomic E-state index is -0.264. The van der Waals surface area contributed by atoms with Gasteiger partial charge in [0.2, 0.25) is 0 Å². The molecule has 0 saturated carbocycles.